The molecule has 20 heavy (non-hydrogen) atoms. The summed E-state index contributed by atoms with van der Waals surface area (Å²) in [6, 6.07) is 18.5. The number of rotatable bonds is 1. The van der Waals surface area contributed by atoms with E-state index in [1.165, 1.54) is 22.3 Å². The fraction of sp³-hybridized carbons (Fsp3) is 0.333. The van der Waals surface area contributed by atoms with Crippen molar-refractivity contribution in [3.8, 4) is 0 Å². The predicted molar refractivity (Wildman–Crippen MR) is 81.8 cm³/mol. The Morgan fingerprint density at radius 3 is 1.60 bits per heavy atom. The Bertz CT molecular complexity index is 565. The van der Waals surface area contributed by atoms with Gasteiger partial charge in [0.1, 0.15) is 0 Å². The average molecular weight is 264 g/mol. The van der Waals surface area contributed by atoms with Crippen molar-refractivity contribution >= 4 is 0 Å². The van der Waals surface area contributed by atoms with Gasteiger partial charge in [-0.3, -0.25) is 0 Å². The molecular weight excluding hydrogens is 244 g/mol. The first-order valence-electron chi connectivity index (χ1n) is 7.56. The van der Waals surface area contributed by atoms with Crippen LogP contribution in [0.3, 0.4) is 0 Å². The number of fused-ring (bicyclic) bond motifs is 2. The zero-order valence-corrected chi connectivity index (χ0v) is 11.6. The minimum atomic E-state index is 0.390. The molecule has 2 heterocycles. The first-order valence-corrected chi connectivity index (χ1v) is 7.56. The molecule has 2 atom stereocenters. The van der Waals surface area contributed by atoms with Crippen molar-refractivity contribution in [1.82, 2.24) is 10.6 Å². The second kappa shape index (κ2) is 5.04. The molecule has 0 saturated heterocycles. The standard InChI is InChI=1S/C18H20N2/c1-3-7-15-13(5-1)9-11-19-17(15)18-16-8-4-2-6-14(16)10-12-20-18/h1-8,17-20H,9-12H2/t17-,18+. The van der Waals surface area contributed by atoms with Crippen LogP contribution in [0.1, 0.15) is 34.3 Å². The first-order chi connectivity index (χ1) is 9.93. The quantitative estimate of drug-likeness (QED) is 0.827. The van der Waals surface area contributed by atoms with Crippen LogP contribution >= 0.6 is 0 Å². The van der Waals surface area contributed by atoms with Crippen LogP contribution in [0, 0.1) is 0 Å². The average Bonchev–Trinajstić information content (AvgIpc) is 2.54. The highest BCUT2D eigenvalue weighted by Gasteiger charge is 2.31. The summed E-state index contributed by atoms with van der Waals surface area (Å²) < 4.78 is 0. The molecule has 0 aliphatic carbocycles. The molecule has 0 fully saturated rings. The Hall–Kier alpha value is -1.64. The maximum absolute atomic E-state index is 3.72. The third-order valence-corrected chi connectivity index (χ3v) is 4.63. The molecule has 0 spiro atoms. The van der Waals surface area contributed by atoms with Crippen molar-refractivity contribution in [1.29, 1.82) is 0 Å². The van der Waals surface area contributed by atoms with Crippen LogP contribution in [0.2, 0.25) is 0 Å². The van der Waals surface area contributed by atoms with Crippen LogP contribution in [0.5, 0.6) is 0 Å². The zero-order chi connectivity index (χ0) is 13.4. The molecule has 2 N–H and O–H groups in total. The van der Waals surface area contributed by atoms with Crippen LogP contribution in [0.15, 0.2) is 48.5 Å². The van der Waals surface area contributed by atoms with Gasteiger partial charge in [0.15, 0.2) is 0 Å². The SMILES string of the molecule is c1ccc2c(c1)CCN[C@H]2[C@H]1NCCc2ccccc21. The lowest BCUT2D eigenvalue weighted by atomic mass is 9.83. The van der Waals surface area contributed by atoms with E-state index in [4.69, 9.17) is 0 Å². The molecule has 2 heteroatoms. The van der Waals surface area contributed by atoms with Gasteiger partial charge in [0.2, 0.25) is 0 Å². The molecule has 4 rings (SSSR count). The second-order valence-electron chi connectivity index (χ2n) is 5.76. The van der Waals surface area contributed by atoms with Gasteiger partial charge < -0.3 is 10.6 Å². The highest BCUT2D eigenvalue weighted by Crippen LogP contribution is 2.36. The van der Waals surface area contributed by atoms with Gasteiger partial charge >= 0.3 is 0 Å². The van der Waals surface area contributed by atoms with E-state index in [2.05, 4.69) is 59.2 Å². The van der Waals surface area contributed by atoms with E-state index in [1.807, 2.05) is 0 Å². The Balaban J connectivity index is 1.77. The molecule has 2 aromatic carbocycles. The Morgan fingerprint density at radius 1 is 0.650 bits per heavy atom. The van der Waals surface area contributed by atoms with Crippen LogP contribution < -0.4 is 10.6 Å². The second-order valence-corrected chi connectivity index (χ2v) is 5.76. The monoisotopic (exact) mass is 264 g/mol. The number of hydrogen-bond acceptors (Lipinski definition) is 2. The topological polar surface area (TPSA) is 24.1 Å². The predicted octanol–water partition coefficient (Wildman–Crippen LogP) is 2.76. The molecule has 102 valence electrons. The molecule has 2 aliphatic rings. The summed E-state index contributed by atoms with van der Waals surface area (Å²) in [6.45, 7) is 2.14. The summed E-state index contributed by atoms with van der Waals surface area (Å²) in [5.41, 5.74) is 5.93. The van der Waals surface area contributed by atoms with E-state index < -0.39 is 0 Å². The lowest BCUT2D eigenvalue weighted by Gasteiger charge is -2.37. The lowest BCUT2D eigenvalue weighted by molar-refractivity contribution is 0.359. The molecular formula is C18H20N2. The molecule has 2 aliphatic heterocycles. The number of benzene rings is 2. The lowest BCUT2D eigenvalue weighted by Crippen LogP contribution is -2.42. The van der Waals surface area contributed by atoms with Crippen molar-refractivity contribution < 1.29 is 0 Å². The summed E-state index contributed by atoms with van der Waals surface area (Å²) in [5.74, 6) is 0. The molecule has 0 amide bonds. The van der Waals surface area contributed by atoms with Gasteiger partial charge in [-0.1, -0.05) is 48.5 Å². The van der Waals surface area contributed by atoms with Crippen LogP contribution in [0.4, 0.5) is 0 Å². The number of hydrogen-bond donors (Lipinski definition) is 2. The van der Waals surface area contributed by atoms with Gasteiger partial charge in [-0.15, -0.1) is 0 Å². The van der Waals surface area contributed by atoms with Gasteiger partial charge in [0.05, 0.1) is 12.1 Å². The maximum Gasteiger partial charge on any atom is 0.0521 e. The zero-order valence-electron chi connectivity index (χ0n) is 11.6. The molecule has 0 aromatic heterocycles. The molecule has 2 aromatic rings. The maximum atomic E-state index is 3.72. The third-order valence-electron chi connectivity index (χ3n) is 4.63. The third kappa shape index (κ3) is 1.96. The van der Waals surface area contributed by atoms with Crippen molar-refractivity contribution in [3.63, 3.8) is 0 Å². The van der Waals surface area contributed by atoms with Gasteiger partial charge in [0.25, 0.3) is 0 Å². The van der Waals surface area contributed by atoms with Crippen molar-refractivity contribution in [2.45, 2.75) is 24.9 Å². The van der Waals surface area contributed by atoms with Crippen molar-refractivity contribution in [2.24, 2.45) is 0 Å². The highest BCUT2D eigenvalue weighted by molar-refractivity contribution is 5.39. The summed E-state index contributed by atoms with van der Waals surface area (Å²) in [4.78, 5) is 0. The largest absolute Gasteiger partial charge is 0.308 e. The van der Waals surface area contributed by atoms with E-state index in [-0.39, 0.29) is 0 Å². The van der Waals surface area contributed by atoms with Gasteiger partial charge in [-0.05, 0) is 48.2 Å². The molecule has 0 radical (unpaired) electrons. The van der Waals surface area contributed by atoms with Crippen molar-refractivity contribution in [3.05, 3.63) is 70.8 Å². The summed E-state index contributed by atoms with van der Waals surface area (Å²) in [5, 5.41) is 7.45. The summed E-state index contributed by atoms with van der Waals surface area (Å²) in [7, 11) is 0. The number of nitrogens with one attached hydrogen (secondary N) is 2. The van der Waals surface area contributed by atoms with Gasteiger partial charge in [-0.25, -0.2) is 0 Å². The normalized spacial score (nSPS) is 24.8. The van der Waals surface area contributed by atoms with Gasteiger partial charge in [-0.2, -0.15) is 0 Å². The van der Waals surface area contributed by atoms with Gasteiger partial charge in [0, 0.05) is 0 Å². The van der Waals surface area contributed by atoms with E-state index in [0.29, 0.717) is 12.1 Å². The molecule has 0 saturated carbocycles. The Kier molecular flexibility index (Phi) is 3.06. The fourth-order valence-electron chi connectivity index (χ4n) is 3.67. The van der Waals surface area contributed by atoms with Crippen LogP contribution in [-0.4, -0.2) is 13.1 Å². The van der Waals surface area contributed by atoms with E-state index in [9.17, 15) is 0 Å². The summed E-state index contributed by atoms with van der Waals surface area (Å²) in [6.07, 6.45) is 2.28. The Labute approximate surface area is 120 Å². The first kappa shape index (κ1) is 12.1. The minimum Gasteiger partial charge on any atom is -0.308 e. The molecule has 0 bridgehead atoms. The minimum absolute atomic E-state index is 0.390. The smallest absolute Gasteiger partial charge is 0.0521 e. The van der Waals surface area contributed by atoms with Crippen molar-refractivity contribution in [2.75, 3.05) is 13.1 Å². The van der Waals surface area contributed by atoms with E-state index >= 15 is 0 Å². The summed E-state index contributed by atoms with van der Waals surface area (Å²) >= 11 is 0. The van der Waals surface area contributed by atoms with Crippen LogP contribution in [0.25, 0.3) is 0 Å². The highest BCUT2D eigenvalue weighted by atomic mass is 15.0. The van der Waals surface area contributed by atoms with E-state index in [1.54, 1.807) is 0 Å². The molecule has 2 nitrogen and oxygen atoms in total. The van der Waals surface area contributed by atoms with E-state index in [0.717, 1.165) is 25.9 Å². The Morgan fingerprint density at radius 2 is 1.10 bits per heavy atom. The van der Waals surface area contributed by atoms with Crippen LogP contribution in [-0.2, 0) is 12.8 Å². The fourth-order valence-corrected chi connectivity index (χ4v) is 3.67. The molecule has 0 unspecified atom stereocenters.